The Kier molecular flexibility index (Phi) is 9.94. The normalized spacial score (nSPS) is 11.4. The first-order chi connectivity index (χ1) is 29.0. The van der Waals surface area contributed by atoms with Gasteiger partial charge in [0.1, 0.15) is 11.6 Å². The molecule has 60 heavy (non-hydrogen) atoms. The number of imidazole rings is 2. The summed E-state index contributed by atoms with van der Waals surface area (Å²) in [6.45, 7) is 0.417. The van der Waals surface area contributed by atoms with Crippen LogP contribution >= 0.6 is 23.2 Å². The minimum absolute atomic E-state index is 0.159. The summed E-state index contributed by atoms with van der Waals surface area (Å²) in [5, 5.41) is 1.91. The molecule has 6 heterocycles. The van der Waals surface area contributed by atoms with Crippen molar-refractivity contribution >= 4 is 67.1 Å². The molecule has 10 rings (SSSR count). The molecule has 2 N–H and O–H groups in total. The van der Waals surface area contributed by atoms with Gasteiger partial charge in [-0.3, -0.25) is 19.6 Å². The molecule has 0 bridgehead atoms. The van der Waals surface area contributed by atoms with Crippen LogP contribution in [0.2, 0.25) is 10.0 Å². The molecule has 10 aromatic rings. The Labute approximate surface area is 345 Å². The highest BCUT2D eigenvalue weighted by Gasteiger charge is 2.19. The van der Waals surface area contributed by atoms with E-state index in [0.717, 1.165) is 34.3 Å². The average molecular weight is 846 g/mol. The Morgan fingerprint density at radius 1 is 0.550 bits per heavy atom. The van der Waals surface area contributed by atoms with Crippen molar-refractivity contribution in [1.29, 1.82) is 0 Å². The van der Waals surface area contributed by atoms with Crippen LogP contribution in [0.4, 0.5) is 17.6 Å². The van der Waals surface area contributed by atoms with E-state index < -0.39 is 34.4 Å². The fourth-order valence-electron chi connectivity index (χ4n) is 7.22. The lowest BCUT2D eigenvalue weighted by atomic mass is 10.1. The van der Waals surface area contributed by atoms with Gasteiger partial charge in [-0.2, -0.15) is 0 Å². The van der Waals surface area contributed by atoms with Gasteiger partial charge in [0.05, 0.1) is 46.2 Å². The van der Waals surface area contributed by atoms with Crippen molar-refractivity contribution in [2.45, 2.75) is 13.1 Å². The second-order valence-electron chi connectivity index (χ2n) is 13.7. The van der Waals surface area contributed by atoms with Gasteiger partial charge in [0.25, 0.3) is 0 Å². The van der Waals surface area contributed by atoms with Crippen LogP contribution in [0.5, 0.6) is 0 Å². The number of pyridine rings is 4. The number of benzene rings is 4. The van der Waals surface area contributed by atoms with E-state index in [0.29, 0.717) is 54.6 Å². The van der Waals surface area contributed by atoms with Crippen LogP contribution in [0.3, 0.4) is 0 Å². The van der Waals surface area contributed by atoms with E-state index >= 15 is 0 Å². The number of hydrogen-bond donors (Lipinski definition) is 2. The first kappa shape index (κ1) is 38.4. The number of aromatic nitrogens is 8. The van der Waals surface area contributed by atoms with E-state index in [4.69, 9.17) is 33.2 Å². The summed E-state index contributed by atoms with van der Waals surface area (Å²) in [5.41, 5.74) is 4.17. The van der Waals surface area contributed by atoms with E-state index in [1.165, 1.54) is 24.3 Å². The van der Waals surface area contributed by atoms with Crippen molar-refractivity contribution < 1.29 is 17.6 Å². The first-order valence-electron chi connectivity index (χ1n) is 18.1. The van der Waals surface area contributed by atoms with Crippen molar-refractivity contribution in [3.8, 4) is 22.8 Å². The van der Waals surface area contributed by atoms with Crippen LogP contribution in [0.15, 0.2) is 131 Å². The molecule has 4 aromatic carbocycles. The lowest BCUT2D eigenvalue weighted by Gasteiger charge is -2.12. The molecule has 0 unspecified atom stereocenters. The van der Waals surface area contributed by atoms with Crippen LogP contribution in [-0.4, -0.2) is 39.0 Å². The summed E-state index contributed by atoms with van der Waals surface area (Å²) >= 11 is 12.3. The lowest BCUT2D eigenvalue weighted by Crippen LogP contribution is -2.11. The molecule has 0 spiro atoms. The Balaban J connectivity index is 0.000000154. The molecule has 0 aliphatic rings. The number of aromatic amines is 2. The maximum absolute atomic E-state index is 14.3. The third-order valence-electron chi connectivity index (χ3n) is 9.91. The van der Waals surface area contributed by atoms with Gasteiger partial charge >= 0.3 is 0 Å². The minimum Gasteiger partial charge on any atom is -0.319 e. The first-order valence-corrected chi connectivity index (χ1v) is 18.9. The maximum atomic E-state index is 14.3. The van der Waals surface area contributed by atoms with Gasteiger partial charge in [-0.25, -0.2) is 27.5 Å². The summed E-state index contributed by atoms with van der Waals surface area (Å²) in [7, 11) is 0. The zero-order valence-electron chi connectivity index (χ0n) is 30.7. The number of halogens is 6. The molecule has 6 aromatic heterocycles. The smallest absolute Gasteiger partial charge is 0.248 e. The topological polar surface area (TPSA) is 127 Å². The maximum Gasteiger partial charge on any atom is 0.248 e. The molecule has 0 saturated carbocycles. The Bertz CT molecular complexity index is 3370. The van der Waals surface area contributed by atoms with Crippen LogP contribution in [0.25, 0.3) is 66.6 Å². The number of hydrogen-bond acceptors (Lipinski definition) is 6. The Hall–Kier alpha value is -7.16. The van der Waals surface area contributed by atoms with Crippen LogP contribution in [-0.2, 0) is 13.1 Å². The van der Waals surface area contributed by atoms with Crippen LogP contribution < -0.4 is 11.1 Å². The van der Waals surface area contributed by atoms with Gasteiger partial charge in [-0.15, -0.1) is 0 Å². The molecule has 0 atom stereocenters. The summed E-state index contributed by atoms with van der Waals surface area (Å²) < 4.78 is 59.8. The molecular formula is C44H26Cl2F4N8O2. The van der Waals surface area contributed by atoms with Crippen molar-refractivity contribution in [3.05, 3.63) is 187 Å². The van der Waals surface area contributed by atoms with E-state index in [1.54, 1.807) is 67.3 Å². The van der Waals surface area contributed by atoms with Gasteiger partial charge in [0.2, 0.25) is 11.1 Å². The predicted octanol–water partition coefficient (Wildman–Crippen LogP) is 9.84. The Morgan fingerprint density at radius 2 is 1.05 bits per heavy atom. The van der Waals surface area contributed by atoms with Gasteiger partial charge in [0.15, 0.2) is 23.3 Å². The van der Waals surface area contributed by atoms with Crippen molar-refractivity contribution in [1.82, 2.24) is 39.0 Å². The number of H-pyrrole nitrogens is 2. The van der Waals surface area contributed by atoms with Gasteiger partial charge in [0, 0.05) is 68.9 Å². The molecule has 296 valence electrons. The minimum atomic E-state index is -1.09. The second kappa shape index (κ2) is 15.5. The standard InChI is InChI=1S/2C22H13ClF2N4O/c23-14-3-6-18-17(9-14)27-22(12-2-1-7-26-10-12)29(18)11-13-8-19(30)28-21-15(13)4-5-16(24)20(21)25;23-14-3-6-17-18(9-14)29(22(27-17)12-2-1-7-26-10-12)11-13-8-19(30)28-21-15(13)4-5-16(24)20(21)25/h2*1-10H,11H2,(H,28,30). The molecular weight excluding hydrogens is 819 g/mol. The van der Waals surface area contributed by atoms with E-state index in [-0.39, 0.29) is 24.1 Å². The highest BCUT2D eigenvalue weighted by molar-refractivity contribution is 6.31. The van der Waals surface area contributed by atoms with Gasteiger partial charge in [-0.05, 0) is 96.1 Å². The molecule has 0 fully saturated rings. The summed E-state index contributed by atoms with van der Waals surface area (Å²) in [6.07, 6.45) is 6.69. The molecule has 0 aliphatic carbocycles. The van der Waals surface area contributed by atoms with Crippen LogP contribution in [0, 0.1) is 23.3 Å². The quantitative estimate of drug-likeness (QED) is 0.161. The van der Waals surface area contributed by atoms with Crippen molar-refractivity contribution in [2.75, 3.05) is 0 Å². The average Bonchev–Trinajstić information content (AvgIpc) is 3.78. The van der Waals surface area contributed by atoms with Crippen molar-refractivity contribution in [3.63, 3.8) is 0 Å². The third kappa shape index (κ3) is 7.16. The Morgan fingerprint density at radius 3 is 1.58 bits per heavy atom. The number of rotatable bonds is 6. The fraction of sp³-hybridized carbons (Fsp3) is 0.0455. The second-order valence-corrected chi connectivity index (χ2v) is 14.6. The van der Waals surface area contributed by atoms with Crippen molar-refractivity contribution in [2.24, 2.45) is 0 Å². The zero-order chi connectivity index (χ0) is 41.7. The van der Waals surface area contributed by atoms with E-state index in [2.05, 4.69) is 19.9 Å². The largest absolute Gasteiger partial charge is 0.319 e. The lowest BCUT2D eigenvalue weighted by molar-refractivity contribution is 0.515. The zero-order valence-corrected chi connectivity index (χ0v) is 32.2. The molecule has 0 aliphatic heterocycles. The van der Waals surface area contributed by atoms with E-state index in [9.17, 15) is 27.2 Å². The fourth-order valence-corrected chi connectivity index (χ4v) is 7.56. The SMILES string of the molecule is O=c1cc(Cn2c(-c3cccnc3)nc3cc(Cl)ccc32)c2ccc(F)c(F)c2[nH]1.O=c1cc(Cn2c(-c3cccnc3)nc3ccc(Cl)cc32)c2ccc(F)c(F)c2[nH]1. The van der Waals surface area contributed by atoms with Gasteiger partial charge < -0.3 is 19.1 Å². The number of nitrogens with zero attached hydrogens (tertiary/aromatic N) is 6. The molecule has 10 nitrogen and oxygen atoms in total. The molecule has 16 heteroatoms. The van der Waals surface area contributed by atoms with Gasteiger partial charge in [-0.1, -0.05) is 23.2 Å². The molecule has 0 radical (unpaired) electrons. The highest BCUT2D eigenvalue weighted by Crippen LogP contribution is 2.31. The number of nitrogens with one attached hydrogen (secondary N) is 2. The molecule has 0 saturated heterocycles. The number of fused-ring (bicyclic) bond motifs is 4. The highest BCUT2D eigenvalue weighted by atomic mass is 35.5. The van der Waals surface area contributed by atoms with E-state index in [1.807, 2.05) is 27.3 Å². The van der Waals surface area contributed by atoms with Crippen LogP contribution in [0.1, 0.15) is 11.1 Å². The monoisotopic (exact) mass is 844 g/mol. The summed E-state index contributed by atoms with van der Waals surface area (Å²) in [5.74, 6) is -2.97. The predicted molar refractivity (Wildman–Crippen MR) is 223 cm³/mol. The third-order valence-corrected chi connectivity index (χ3v) is 10.4. The summed E-state index contributed by atoms with van der Waals surface area (Å²) in [4.78, 5) is 46.8. The molecule has 0 amide bonds. The summed E-state index contributed by atoms with van der Waals surface area (Å²) in [6, 6.07) is 25.8.